The fraction of sp³-hybridized carbons (Fsp3) is 0.452. The van der Waals surface area contributed by atoms with E-state index < -0.39 is 12.1 Å². The molecule has 8 nitrogen and oxygen atoms in total. The topological polar surface area (TPSA) is 96.6 Å². The Labute approximate surface area is 233 Å². The zero-order chi connectivity index (χ0) is 27.3. The second-order valence-electron chi connectivity index (χ2n) is 11.8. The lowest BCUT2D eigenvalue weighted by Crippen LogP contribution is -2.52. The van der Waals surface area contributed by atoms with E-state index in [0.29, 0.717) is 48.7 Å². The number of carbonyl (C=O) groups excluding carboxylic acids is 1. The Morgan fingerprint density at radius 1 is 1.10 bits per heavy atom. The standard InChI is InChI=1S/C31H35FN6O2/c32-22-15-31(13-4-14-38(31)16-22)19-40-30-35-26(12-9-21-7-3-6-20-5-1-2-8-25(20)21)27(28(33)39)29(36-30)37-17-23-10-11-24(18-37)34-23/h1-3,5-9,12,22-24,34H,4,10-11,13-19H2,(H2,33,39)/b12-9+/t22-,23-,24+,31+/m1/s1. The van der Waals surface area contributed by atoms with Crippen LogP contribution in [-0.2, 0) is 0 Å². The highest BCUT2D eigenvalue weighted by Crippen LogP contribution is 2.40. The average molecular weight is 543 g/mol. The van der Waals surface area contributed by atoms with Crippen molar-refractivity contribution in [3.05, 3.63) is 59.3 Å². The van der Waals surface area contributed by atoms with Gasteiger partial charge in [0.15, 0.2) is 0 Å². The lowest BCUT2D eigenvalue weighted by atomic mass is 9.95. The monoisotopic (exact) mass is 542 g/mol. The normalized spacial score (nSPS) is 28.0. The zero-order valence-corrected chi connectivity index (χ0v) is 22.6. The van der Waals surface area contributed by atoms with Gasteiger partial charge in [0.05, 0.1) is 11.2 Å². The van der Waals surface area contributed by atoms with Gasteiger partial charge in [-0.05, 0) is 54.6 Å². The number of ether oxygens (including phenoxy) is 1. The van der Waals surface area contributed by atoms with Gasteiger partial charge in [-0.2, -0.15) is 9.97 Å². The molecule has 0 radical (unpaired) electrons. The zero-order valence-electron chi connectivity index (χ0n) is 22.6. The number of hydrogen-bond donors (Lipinski definition) is 2. The number of halogens is 1. The number of hydrogen-bond acceptors (Lipinski definition) is 7. The molecule has 4 aliphatic heterocycles. The Bertz CT molecular complexity index is 1460. The number of primary amides is 1. The molecule has 208 valence electrons. The van der Waals surface area contributed by atoms with E-state index in [-0.39, 0.29) is 11.5 Å². The van der Waals surface area contributed by atoms with Crippen LogP contribution in [0.2, 0.25) is 0 Å². The average Bonchev–Trinajstić information content (AvgIpc) is 3.60. The summed E-state index contributed by atoms with van der Waals surface area (Å²) in [4.78, 5) is 26.8. The number of nitrogens with one attached hydrogen (secondary N) is 1. The Kier molecular flexibility index (Phi) is 6.43. The lowest BCUT2D eigenvalue weighted by Gasteiger charge is -2.35. The molecule has 1 aromatic heterocycles. The van der Waals surface area contributed by atoms with Gasteiger partial charge in [-0.3, -0.25) is 9.69 Å². The fourth-order valence-corrected chi connectivity index (χ4v) is 7.28. The van der Waals surface area contributed by atoms with E-state index in [1.165, 1.54) is 0 Å². The van der Waals surface area contributed by atoms with Gasteiger partial charge in [-0.1, -0.05) is 48.5 Å². The van der Waals surface area contributed by atoms with Crippen molar-refractivity contribution < 1.29 is 13.9 Å². The maximum atomic E-state index is 14.4. The maximum Gasteiger partial charge on any atom is 0.319 e. The van der Waals surface area contributed by atoms with Crippen molar-refractivity contribution in [1.82, 2.24) is 20.2 Å². The molecule has 9 heteroatoms. The predicted octanol–water partition coefficient (Wildman–Crippen LogP) is 3.79. The lowest BCUT2D eigenvalue weighted by molar-refractivity contribution is 0.0996. The molecule has 0 aliphatic carbocycles. The van der Waals surface area contributed by atoms with E-state index in [4.69, 9.17) is 20.4 Å². The quantitative estimate of drug-likeness (QED) is 0.469. The van der Waals surface area contributed by atoms with Crippen LogP contribution in [0, 0.1) is 0 Å². The first kappa shape index (κ1) is 25.4. The van der Waals surface area contributed by atoms with E-state index in [0.717, 1.165) is 61.7 Å². The molecule has 1 amide bonds. The number of nitrogens with two attached hydrogens (primary N) is 1. The molecule has 40 heavy (non-hydrogen) atoms. The van der Waals surface area contributed by atoms with Crippen molar-refractivity contribution in [2.75, 3.05) is 37.7 Å². The highest BCUT2D eigenvalue weighted by molar-refractivity contribution is 6.02. The Morgan fingerprint density at radius 2 is 1.90 bits per heavy atom. The molecular weight excluding hydrogens is 507 g/mol. The Balaban J connectivity index is 1.28. The van der Waals surface area contributed by atoms with Crippen LogP contribution in [-0.4, -0.2) is 77.4 Å². The van der Waals surface area contributed by atoms with Crippen LogP contribution < -0.4 is 20.7 Å². The highest BCUT2D eigenvalue weighted by atomic mass is 19.1. The molecule has 4 fully saturated rings. The van der Waals surface area contributed by atoms with Gasteiger partial charge in [0.25, 0.3) is 5.91 Å². The number of carbonyl (C=O) groups is 1. The number of nitrogens with zero attached hydrogens (tertiary/aromatic N) is 4. The minimum atomic E-state index is -0.840. The number of aromatic nitrogens is 2. The van der Waals surface area contributed by atoms with Crippen LogP contribution in [0.1, 0.15) is 53.7 Å². The fourth-order valence-electron chi connectivity index (χ4n) is 7.28. The van der Waals surface area contributed by atoms with Gasteiger partial charge in [-0.15, -0.1) is 0 Å². The molecule has 2 aromatic carbocycles. The van der Waals surface area contributed by atoms with E-state index >= 15 is 0 Å². The molecule has 3 N–H and O–H groups in total. The van der Waals surface area contributed by atoms with E-state index in [2.05, 4.69) is 33.3 Å². The Morgan fingerprint density at radius 3 is 2.73 bits per heavy atom. The molecule has 0 saturated carbocycles. The minimum absolute atomic E-state index is 0.201. The van der Waals surface area contributed by atoms with E-state index in [1.54, 1.807) is 0 Å². The van der Waals surface area contributed by atoms with Gasteiger partial charge < -0.3 is 20.7 Å². The SMILES string of the molecule is NC(=O)c1c(/C=C/c2cccc3ccccc23)nc(OC[C@@]23CCCN2C[C@H](F)C3)nc1N1C[C@H]2CC[C@@H](C1)N2. The third-order valence-corrected chi connectivity index (χ3v) is 9.13. The van der Waals surface area contributed by atoms with Crippen molar-refractivity contribution >= 4 is 34.6 Å². The summed E-state index contributed by atoms with van der Waals surface area (Å²) < 4.78 is 20.7. The molecule has 4 aliphatic rings. The number of piperazine rings is 1. The summed E-state index contributed by atoms with van der Waals surface area (Å²) in [6, 6.07) is 15.2. The van der Waals surface area contributed by atoms with Gasteiger partial charge in [0.1, 0.15) is 24.2 Å². The van der Waals surface area contributed by atoms with Gasteiger partial charge >= 0.3 is 6.01 Å². The van der Waals surface area contributed by atoms with Crippen LogP contribution in [0.25, 0.3) is 22.9 Å². The second kappa shape index (κ2) is 10.1. The van der Waals surface area contributed by atoms with Crippen LogP contribution in [0.5, 0.6) is 6.01 Å². The van der Waals surface area contributed by atoms with Crippen LogP contribution in [0.15, 0.2) is 42.5 Å². The summed E-state index contributed by atoms with van der Waals surface area (Å²) in [5.41, 5.74) is 7.41. The molecule has 7 rings (SSSR count). The smallest absolute Gasteiger partial charge is 0.319 e. The predicted molar refractivity (Wildman–Crippen MR) is 154 cm³/mol. The first-order chi connectivity index (χ1) is 19.5. The second-order valence-corrected chi connectivity index (χ2v) is 11.8. The van der Waals surface area contributed by atoms with Crippen LogP contribution >= 0.6 is 0 Å². The first-order valence-corrected chi connectivity index (χ1v) is 14.4. The summed E-state index contributed by atoms with van der Waals surface area (Å²) in [5.74, 6) is -0.0503. The summed E-state index contributed by atoms with van der Waals surface area (Å²) in [7, 11) is 0. The number of amides is 1. The van der Waals surface area contributed by atoms with Crippen LogP contribution in [0.3, 0.4) is 0 Å². The first-order valence-electron chi connectivity index (χ1n) is 14.4. The van der Waals surface area contributed by atoms with Gasteiger partial charge in [-0.25, -0.2) is 4.39 Å². The molecule has 3 aromatic rings. The van der Waals surface area contributed by atoms with E-state index in [1.807, 2.05) is 36.4 Å². The van der Waals surface area contributed by atoms with Crippen molar-refractivity contribution in [3.63, 3.8) is 0 Å². The maximum absolute atomic E-state index is 14.4. The molecule has 2 bridgehead atoms. The van der Waals surface area contributed by atoms with E-state index in [9.17, 15) is 9.18 Å². The van der Waals surface area contributed by atoms with Crippen molar-refractivity contribution in [1.29, 1.82) is 0 Å². The number of fused-ring (bicyclic) bond motifs is 4. The van der Waals surface area contributed by atoms with Crippen LogP contribution in [0.4, 0.5) is 10.2 Å². The molecule has 5 heterocycles. The molecular formula is C31H35FN6O2. The number of anilines is 1. The summed E-state index contributed by atoms with van der Waals surface area (Å²) in [6.45, 7) is 3.14. The third-order valence-electron chi connectivity index (χ3n) is 9.13. The number of rotatable bonds is 7. The van der Waals surface area contributed by atoms with Gasteiger partial charge in [0.2, 0.25) is 0 Å². The van der Waals surface area contributed by atoms with Gasteiger partial charge in [0, 0.05) is 38.1 Å². The molecule has 0 spiro atoms. The van der Waals surface area contributed by atoms with Crippen molar-refractivity contribution in [2.45, 2.75) is 55.9 Å². The molecule has 4 saturated heterocycles. The third kappa shape index (κ3) is 4.61. The summed E-state index contributed by atoms with van der Waals surface area (Å²) in [6.07, 6.45) is 7.55. The minimum Gasteiger partial charge on any atom is -0.461 e. The summed E-state index contributed by atoms with van der Waals surface area (Å²) >= 11 is 0. The number of benzene rings is 2. The number of alkyl halides is 1. The largest absolute Gasteiger partial charge is 0.461 e. The molecule has 0 unspecified atom stereocenters. The van der Waals surface area contributed by atoms with Crippen molar-refractivity contribution in [2.24, 2.45) is 5.73 Å². The Hall–Kier alpha value is -3.56. The molecule has 4 atom stereocenters. The summed E-state index contributed by atoms with van der Waals surface area (Å²) in [5, 5.41) is 5.87. The highest BCUT2D eigenvalue weighted by Gasteiger charge is 2.49. The van der Waals surface area contributed by atoms with Crippen molar-refractivity contribution in [3.8, 4) is 6.01 Å².